The number of hydrogen-bond acceptors (Lipinski definition) is 0. The molecule has 0 unspecified atom stereocenters. The number of halogens is 4. The van der Waals surface area contributed by atoms with E-state index in [-0.39, 0.29) is 23.1 Å². The van der Waals surface area contributed by atoms with E-state index in [0.717, 1.165) is 25.7 Å². The van der Waals surface area contributed by atoms with Crippen LogP contribution in [-0.2, 0) is 12.8 Å². The van der Waals surface area contributed by atoms with Crippen molar-refractivity contribution < 1.29 is 17.6 Å². The summed E-state index contributed by atoms with van der Waals surface area (Å²) in [6.45, 7) is 3.57. The van der Waals surface area contributed by atoms with Gasteiger partial charge in [-0.3, -0.25) is 0 Å². The fraction of sp³-hybridized carbons (Fsp3) is 0.455. The Balaban J connectivity index is 1.77. The average Bonchev–Trinajstić information content (AvgIpc) is 2.61. The van der Waals surface area contributed by atoms with Crippen LogP contribution in [0.2, 0.25) is 0 Å². The van der Waals surface area contributed by atoms with Gasteiger partial charge in [-0.2, -0.15) is 0 Å². The lowest BCUT2D eigenvalue weighted by Crippen LogP contribution is -2.15. The smallest absolute Gasteiger partial charge is 0.162 e. The molecule has 0 atom stereocenters. The average molecular weight is 364 g/mol. The second kappa shape index (κ2) is 7.81. The highest BCUT2D eigenvalue weighted by molar-refractivity contribution is 5.33. The normalized spacial score (nSPS) is 20.4. The molecule has 0 aliphatic heterocycles. The van der Waals surface area contributed by atoms with Gasteiger partial charge in [-0.25, -0.2) is 17.6 Å². The van der Waals surface area contributed by atoms with Crippen LogP contribution in [0.1, 0.15) is 54.9 Å². The first-order valence-electron chi connectivity index (χ1n) is 9.25. The molecular weight excluding hydrogens is 340 g/mol. The van der Waals surface area contributed by atoms with Gasteiger partial charge in [-0.15, -0.1) is 0 Å². The van der Waals surface area contributed by atoms with E-state index >= 15 is 0 Å². The van der Waals surface area contributed by atoms with Crippen LogP contribution in [0.4, 0.5) is 17.6 Å². The summed E-state index contributed by atoms with van der Waals surface area (Å²) in [7, 11) is 0. The molecule has 2 aromatic rings. The van der Waals surface area contributed by atoms with Crippen molar-refractivity contribution in [1.82, 2.24) is 0 Å². The van der Waals surface area contributed by atoms with E-state index in [1.165, 1.54) is 25.1 Å². The van der Waals surface area contributed by atoms with Crippen molar-refractivity contribution in [1.29, 1.82) is 0 Å². The second-order valence-electron chi connectivity index (χ2n) is 7.70. The minimum absolute atomic E-state index is 0.0436. The van der Waals surface area contributed by atoms with E-state index < -0.39 is 23.3 Å². The quantitative estimate of drug-likeness (QED) is 0.542. The summed E-state index contributed by atoms with van der Waals surface area (Å²) in [5.41, 5.74) is 0.730. The summed E-state index contributed by atoms with van der Waals surface area (Å²) in [4.78, 5) is 0. The van der Waals surface area contributed by atoms with Gasteiger partial charge < -0.3 is 0 Å². The van der Waals surface area contributed by atoms with E-state index in [9.17, 15) is 17.6 Å². The zero-order valence-electron chi connectivity index (χ0n) is 15.2. The molecule has 1 fully saturated rings. The maximum atomic E-state index is 14.5. The van der Waals surface area contributed by atoms with Crippen molar-refractivity contribution in [2.75, 3.05) is 0 Å². The molecule has 1 aliphatic carbocycles. The molecule has 140 valence electrons. The van der Waals surface area contributed by atoms with Crippen LogP contribution in [-0.4, -0.2) is 0 Å². The molecule has 0 heterocycles. The van der Waals surface area contributed by atoms with Crippen molar-refractivity contribution in [2.45, 2.75) is 52.4 Å². The van der Waals surface area contributed by atoms with Crippen molar-refractivity contribution in [3.63, 3.8) is 0 Å². The summed E-state index contributed by atoms with van der Waals surface area (Å²) >= 11 is 0. The third-order valence-corrected chi connectivity index (χ3v) is 5.62. The Kier molecular flexibility index (Phi) is 5.69. The Hall–Kier alpha value is -1.84. The third-order valence-electron chi connectivity index (χ3n) is 5.62. The molecule has 0 N–H and O–H groups in total. The van der Waals surface area contributed by atoms with Gasteiger partial charge in [0.25, 0.3) is 0 Å². The summed E-state index contributed by atoms with van der Waals surface area (Å²) in [6.07, 6.45) is 4.87. The molecule has 0 bridgehead atoms. The van der Waals surface area contributed by atoms with Crippen LogP contribution < -0.4 is 0 Å². The van der Waals surface area contributed by atoms with Crippen molar-refractivity contribution in [3.05, 3.63) is 69.8 Å². The molecule has 0 radical (unpaired) electrons. The Labute approximate surface area is 152 Å². The van der Waals surface area contributed by atoms with Gasteiger partial charge >= 0.3 is 0 Å². The minimum Gasteiger partial charge on any atom is -0.207 e. The van der Waals surface area contributed by atoms with Crippen LogP contribution in [0.3, 0.4) is 0 Å². The van der Waals surface area contributed by atoms with Gasteiger partial charge in [0, 0.05) is 12.0 Å². The molecule has 3 rings (SSSR count). The predicted molar refractivity (Wildman–Crippen MR) is 95.1 cm³/mol. The Morgan fingerprint density at radius 3 is 2.00 bits per heavy atom. The molecule has 2 aromatic carbocycles. The van der Waals surface area contributed by atoms with Crippen LogP contribution >= 0.6 is 0 Å². The predicted octanol–water partition coefficient (Wildman–Crippen LogP) is 6.51. The van der Waals surface area contributed by atoms with E-state index in [1.807, 2.05) is 0 Å². The van der Waals surface area contributed by atoms with Crippen molar-refractivity contribution in [3.8, 4) is 0 Å². The fourth-order valence-corrected chi connectivity index (χ4v) is 3.79. The topological polar surface area (TPSA) is 0 Å². The maximum absolute atomic E-state index is 14.5. The highest BCUT2D eigenvalue weighted by Gasteiger charge is 2.22. The SMILES string of the molecule is Cc1c(F)cc(Cc2ccc(CC3CCC(C)CC3)c(F)c2F)cc1F. The van der Waals surface area contributed by atoms with Gasteiger partial charge in [-0.1, -0.05) is 31.9 Å². The first-order valence-corrected chi connectivity index (χ1v) is 9.25. The molecule has 0 saturated heterocycles. The molecule has 0 spiro atoms. The monoisotopic (exact) mass is 364 g/mol. The molecule has 1 saturated carbocycles. The zero-order chi connectivity index (χ0) is 18.8. The number of benzene rings is 2. The largest absolute Gasteiger partial charge is 0.207 e. The third kappa shape index (κ3) is 4.11. The van der Waals surface area contributed by atoms with Crippen LogP contribution in [0.5, 0.6) is 0 Å². The number of hydrogen-bond donors (Lipinski definition) is 0. The standard InChI is InChI=1S/C22H24F4/c1-13-3-5-15(6-4-13)9-17-7-8-18(22(26)21(17)25)10-16-11-19(23)14(2)20(24)12-16/h7-8,11-13,15H,3-6,9-10H2,1-2H3. The molecule has 4 heteroatoms. The van der Waals surface area contributed by atoms with Crippen LogP contribution in [0, 0.1) is 42.0 Å². The first-order chi connectivity index (χ1) is 12.3. The Morgan fingerprint density at radius 1 is 0.846 bits per heavy atom. The highest BCUT2D eigenvalue weighted by atomic mass is 19.2. The Bertz CT molecular complexity index is 766. The summed E-state index contributed by atoms with van der Waals surface area (Å²) in [6, 6.07) is 5.50. The van der Waals surface area contributed by atoms with Gasteiger partial charge in [0.05, 0.1) is 0 Å². The van der Waals surface area contributed by atoms with E-state index in [2.05, 4.69) is 6.92 Å². The van der Waals surface area contributed by atoms with Gasteiger partial charge in [0.15, 0.2) is 11.6 Å². The minimum atomic E-state index is -0.909. The molecule has 26 heavy (non-hydrogen) atoms. The molecule has 1 aliphatic rings. The fourth-order valence-electron chi connectivity index (χ4n) is 3.79. The Morgan fingerprint density at radius 2 is 1.38 bits per heavy atom. The molecule has 0 amide bonds. The highest BCUT2D eigenvalue weighted by Crippen LogP contribution is 2.32. The van der Waals surface area contributed by atoms with Crippen LogP contribution in [0.15, 0.2) is 24.3 Å². The summed E-state index contributed by atoms with van der Waals surface area (Å²) in [5.74, 6) is -1.98. The van der Waals surface area contributed by atoms with E-state index in [1.54, 1.807) is 6.07 Å². The van der Waals surface area contributed by atoms with Gasteiger partial charge in [-0.05, 0) is 66.8 Å². The number of rotatable bonds is 4. The van der Waals surface area contributed by atoms with Crippen molar-refractivity contribution >= 4 is 0 Å². The summed E-state index contributed by atoms with van der Waals surface area (Å²) < 4.78 is 56.3. The van der Waals surface area contributed by atoms with Gasteiger partial charge in [0.1, 0.15) is 11.6 Å². The zero-order valence-corrected chi connectivity index (χ0v) is 15.2. The summed E-state index contributed by atoms with van der Waals surface area (Å²) in [5, 5.41) is 0. The molecular formula is C22H24F4. The van der Waals surface area contributed by atoms with Crippen LogP contribution in [0.25, 0.3) is 0 Å². The molecule has 0 aromatic heterocycles. The second-order valence-corrected chi connectivity index (χ2v) is 7.70. The lowest BCUT2D eigenvalue weighted by atomic mass is 9.80. The van der Waals surface area contributed by atoms with Gasteiger partial charge in [0.2, 0.25) is 0 Å². The lowest BCUT2D eigenvalue weighted by molar-refractivity contribution is 0.286. The lowest BCUT2D eigenvalue weighted by Gasteiger charge is -2.26. The van der Waals surface area contributed by atoms with E-state index in [0.29, 0.717) is 23.8 Å². The first kappa shape index (κ1) is 18.9. The van der Waals surface area contributed by atoms with Crippen molar-refractivity contribution in [2.24, 2.45) is 11.8 Å². The molecule has 0 nitrogen and oxygen atoms in total. The maximum Gasteiger partial charge on any atom is 0.162 e. The van der Waals surface area contributed by atoms with E-state index in [4.69, 9.17) is 0 Å².